The molecule has 0 unspecified atom stereocenters. The van der Waals surface area contributed by atoms with Crippen molar-refractivity contribution in [3.63, 3.8) is 0 Å². The molecule has 5 rings (SSSR count). The lowest BCUT2D eigenvalue weighted by molar-refractivity contribution is -0.384. The Morgan fingerprint density at radius 2 is 1.61 bits per heavy atom. The van der Waals surface area contributed by atoms with Gasteiger partial charge < -0.3 is 9.64 Å². The molecule has 0 spiro atoms. The highest BCUT2D eigenvalue weighted by molar-refractivity contribution is 7.88. The maximum atomic E-state index is 13.6. The Bertz CT molecular complexity index is 1460. The number of rotatable bonds is 8. The van der Waals surface area contributed by atoms with Crippen molar-refractivity contribution in [2.75, 3.05) is 31.1 Å². The SMILES string of the molecule is O=c1c(OC2CCCC2)c(N2CCN(S(=O)(=O)Cc3ccccc3)CC2)cnn1-c1ccccc1[N+](=O)[O-]. The van der Waals surface area contributed by atoms with E-state index in [0.29, 0.717) is 18.8 Å². The molecule has 2 heterocycles. The van der Waals surface area contributed by atoms with Gasteiger partial charge in [0, 0.05) is 32.2 Å². The Morgan fingerprint density at radius 3 is 2.29 bits per heavy atom. The number of ether oxygens (including phenoxy) is 1. The molecule has 0 amide bonds. The second-order valence-corrected chi connectivity index (χ2v) is 11.4. The maximum Gasteiger partial charge on any atom is 0.316 e. The molecule has 1 aliphatic carbocycles. The van der Waals surface area contributed by atoms with Crippen molar-refractivity contribution in [3.8, 4) is 11.4 Å². The number of hydrogen-bond donors (Lipinski definition) is 0. The molecule has 38 heavy (non-hydrogen) atoms. The van der Waals surface area contributed by atoms with Crippen molar-refractivity contribution in [1.29, 1.82) is 0 Å². The number of piperazine rings is 1. The van der Waals surface area contributed by atoms with Crippen molar-refractivity contribution < 1.29 is 18.1 Å². The predicted octanol–water partition coefficient (Wildman–Crippen LogP) is 3.11. The summed E-state index contributed by atoms with van der Waals surface area (Å²) in [6.45, 7) is 1.22. The summed E-state index contributed by atoms with van der Waals surface area (Å²) in [5, 5.41) is 15.9. The van der Waals surface area contributed by atoms with Crippen LogP contribution < -0.4 is 15.2 Å². The number of nitro groups is 1. The van der Waals surface area contributed by atoms with Gasteiger partial charge in [0.1, 0.15) is 11.4 Å². The molecule has 12 heteroatoms. The lowest BCUT2D eigenvalue weighted by Crippen LogP contribution is -2.49. The monoisotopic (exact) mass is 539 g/mol. The first kappa shape index (κ1) is 25.9. The molecular weight excluding hydrogens is 510 g/mol. The highest BCUT2D eigenvalue weighted by Gasteiger charge is 2.31. The van der Waals surface area contributed by atoms with Gasteiger partial charge in [-0.15, -0.1) is 0 Å². The molecule has 2 fully saturated rings. The van der Waals surface area contributed by atoms with E-state index in [-0.39, 0.29) is 42.1 Å². The van der Waals surface area contributed by atoms with E-state index < -0.39 is 20.5 Å². The van der Waals surface area contributed by atoms with Crippen LogP contribution in [0.2, 0.25) is 0 Å². The molecular formula is C26H29N5O6S. The zero-order chi connectivity index (χ0) is 26.7. The van der Waals surface area contributed by atoms with E-state index in [0.717, 1.165) is 35.9 Å². The van der Waals surface area contributed by atoms with Gasteiger partial charge in [-0.1, -0.05) is 42.5 Å². The van der Waals surface area contributed by atoms with Crippen LogP contribution in [-0.2, 0) is 15.8 Å². The summed E-state index contributed by atoms with van der Waals surface area (Å²) in [7, 11) is -3.50. The number of sulfonamides is 1. The van der Waals surface area contributed by atoms with Crippen LogP contribution >= 0.6 is 0 Å². The Morgan fingerprint density at radius 1 is 0.947 bits per heavy atom. The summed E-state index contributed by atoms with van der Waals surface area (Å²) < 4.78 is 34.7. The summed E-state index contributed by atoms with van der Waals surface area (Å²) in [6.07, 6.45) is 4.99. The second-order valence-electron chi connectivity index (χ2n) is 9.47. The number of benzene rings is 2. The van der Waals surface area contributed by atoms with Crippen LogP contribution in [0.4, 0.5) is 11.4 Å². The smallest absolute Gasteiger partial charge is 0.316 e. The second kappa shape index (κ2) is 10.9. The number of nitrogens with zero attached hydrogens (tertiary/aromatic N) is 5. The Hall–Kier alpha value is -3.77. The average Bonchev–Trinajstić information content (AvgIpc) is 3.43. The summed E-state index contributed by atoms with van der Waals surface area (Å²) >= 11 is 0. The number of hydrogen-bond acceptors (Lipinski definition) is 8. The quantitative estimate of drug-likeness (QED) is 0.316. The van der Waals surface area contributed by atoms with Gasteiger partial charge in [-0.05, 0) is 37.3 Å². The zero-order valence-corrected chi connectivity index (χ0v) is 21.6. The van der Waals surface area contributed by atoms with Crippen LogP contribution in [0.1, 0.15) is 31.2 Å². The largest absolute Gasteiger partial charge is 0.483 e. The molecule has 3 aromatic rings. The molecule has 2 aliphatic rings. The van der Waals surface area contributed by atoms with E-state index in [2.05, 4.69) is 5.10 Å². The average molecular weight is 540 g/mol. The van der Waals surface area contributed by atoms with Gasteiger partial charge in [-0.25, -0.2) is 8.42 Å². The van der Waals surface area contributed by atoms with E-state index in [9.17, 15) is 23.3 Å². The number of para-hydroxylation sites is 2. The summed E-state index contributed by atoms with van der Waals surface area (Å²) in [4.78, 5) is 26.6. The first-order chi connectivity index (χ1) is 18.3. The van der Waals surface area contributed by atoms with Crippen molar-refractivity contribution in [2.45, 2.75) is 37.5 Å². The fourth-order valence-corrected chi connectivity index (χ4v) is 6.51. The lowest BCUT2D eigenvalue weighted by Gasteiger charge is -2.36. The van der Waals surface area contributed by atoms with Gasteiger partial charge in [0.05, 0.1) is 23.0 Å². The number of anilines is 1. The van der Waals surface area contributed by atoms with Crippen LogP contribution in [-0.4, -0.2) is 59.7 Å². The number of aromatic nitrogens is 2. The first-order valence-corrected chi connectivity index (χ1v) is 14.2. The molecule has 2 aromatic carbocycles. The Kier molecular flexibility index (Phi) is 7.43. The molecule has 0 atom stereocenters. The molecule has 1 saturated heterocycles. The molecule has 200 valence electrons. The molecule has 1 aromatic heterocycles. The predicted molar refractivity (Wildman–Crippen MR) is 142 cm³/mol. The normalized spacial score (nSPS) is 17.0. The van der Waals surface area contributed by atoms with Gasteiger partial charge in [-0.3, -0.25) is 14.9 Å². The number of nitro benzene ring substituents is 1. The zero-order valence-electron chi connectivity index (χ0n) is 20.8. The van der Waals surface area contributed by atoms with Gasteiger partial charge in [-0.2, -0.15) is 14.1 Å². The van der Waals surface area contributed by atoms with Crippen molar-refractivity contribution >= 4 is 21.4 Å². The van der Waals surface area contributed by atoms with Gasteiger partial charge >= 0.3 is 5.56 Å². The van der Waals surface area contributed by atoms with Gasteiger partial charge in [0.25, 0.3) is 5.69 Å². The van der Waals surface area contributed by atoms with Gasteiger partial charge in [0.15, 0.2) is 0 Å². The van der Waals surface area contributed by atoms with Crippen molar-refractivity contribution in [1.82, 2.24) is 14.1 Å². The molecule has 11 nitrogen and oxygen atoms in total. The molecule has 1 saturated carbocycles. The minimum atomic E-state index is -3.50. The highest BCUT2D eigenvalue weighted by Crippen LogP contribution is 2.31. The van der Waals surface area contributed by atoms with Crippen molar-refractivity contribution in [2.24, 2.45) is 0 Å². The third kappa shape index (κ3) is 5.41. The Labute approximate surface area is 220 Å². The molecule has 0 radical (unpaired) electrons. The van der Waals surface area contributed by atoms with Crippen LogP contribution in [0, 0.1) is 10.1 Å². The summed E-state index contributed by atoms with van der Waals surface area (Å²) in [5.41, 5.74) is 0.436. The third-order valence-electron chi connectivity index (χ3n) is 6.97. The maximum absolute atomic E-state index is 13.6. The fourth-order valence-electron chi connectivity index (χ4n) is 4.99. The topological polar surface area (TPSA) is 128 Å². The minimum absolute atomic E-state index is 0.0575. The van der Waals surface area contributed by atoms with Crippen LogP contribution in [0.3, 0.4) is 0 Å². The van der Waals surface area contributed by atoms with E-state index >= 15 is 0 Å². The summed E-state index contributed by atoms with van der Waals surface area (Å²) in [5.74, 6) is 0.0165. The first-order valence-electron chi connectivity index (χ1n) is 12.6. The molecule has 1 aliphatic heterocycles. The third-order valence-corrected chi connectivity index (χ3v) is 8.82. The summed E-state index contributed by atoms with van der Waals surface area (Å²) in [6, 6.07) is 15.0. The Balaban J connectivity index is 1.42. The van der Waals surface area contributed by atoms with Crippen LogP contribution in [0.15, 0.2) is 65.6 Å². The fraction of sp³-hybridized carbons (Fsp3) is 0.385. The molecule has 0 N–H and O–H groups in total. The van der Waals surface area contributed by atoms with Crippen LogP contribution in [0.5, 0.6) is 5.75 Å². The van der Waals surface area contributed by atoms with E-state index in [1.165, 1.54) is 28.7 Å². The van der Waals surface area contributed by atoms with Gasteiger partial charge in [0.2, 0.25) is 15.8 Å². The lowest BCUT2D eigenvalue weighted by atomic mass is 10.2. The van der Waals surface area contributed by atoms with E-state index in [1.54, 1.807) is 18.2 Å². The van der Waals surface area contributed by atoms with E-state index in [1.807, 2.05) is 23.1 Å². The molecule has 0 bridgehead atoms. The van der Waals surface area contributed by atoms with Crippen LogP contribution in [0.25, 0.3) is 5.69 Å². The highest BCUT2D eigenvalue weighted by atomic mass is 32.2. The minimum Gasteiger partial charge on any atom is -0.483 e. The van der Waals surface area contributed by atoms with E-state index in [4.69, 9.17) is 4.74 Å². The standard InChI is InChI=1S/C26H29N5O6S/c32-26-25(37-21-10-4-5-11-21)24(18-27-30(26)22-12-6-7-13-23(22)31(33)34)28-14-16-29(17-15-28)38(35,36)19-20-8-2-1-3-9-20/h1-3,6-9,12-13,18,21H,4-5,10-11,14-17,19H2. The van der Waals surface area contributed by atoms with Crippen molar-refractivity contribution in [3.05, 3.63) is 86.8 Å².